The molecule has 5 heteroatoms. The largest absolute Gasteiger partial charge is 0.348 e. The number of piperidine rings is 1. The van der Waals surface area contributed by atoms with Crippen LogP contribution in [0.25, 0.3) is 0 Å². The Morgan fingerprint density at radius 2 is 2.25 bits per heavy atom. The fraction of sp³-hybridized carbons (Fsp3) is 0.667. The van der Waals surface area contributed by atoms with Gasteiger partial charge in [0.1, 0.15) is 0 Å². The Labute approximate surface area is 130 Å². The van der Waals surface area contributed by atoms with Crippen LogP contribution in [-0.4, -0.2) is 19.0 Å². The van der Waals surface area contributed by atoms with Gasteiger partial charge >= 0.3 is 0 Å². The number of hydrogen-bond donors (Lipinski definition) is 2. The molecule has 3 nitrogen and oxygen atoms in total. The van der Waals surface area contributed by atoms with Gasteiger partial charge in [-0.3, -0.25) is 4.79 Å². The molecular weight excluding hydrogens is 292 g/mol. The highest BCUT2D eigenvalue weighted by Gasteiger charge is 2.17. The average molecular weight is 315 g/mol. The van der Waals surface area contributed by atoms with E-state index in [9.17, 15) is 4.79 Å². The molecular formula is C15H23ClN2OS. The van der Waals surface area contributed by atoms with Crippen molar-refractivity contribution in [1.82, 2.24) is 10.6 Å². The Balaban J connectivity index is 1.77. The third-order valence-electron chi connectivity index (χ3n) is 3.92. The summed E-state index contributed by atoms with van der Waals surface area (Å²) in [5, 5.41) is 6.49. The minimum absolute atomic E-state index is 0.105. The lowest BCUT2D eigenvalue weighted by atomic mass is 9.93. The molecule has 112 valence electrons. The maximum Gasteiger partial charge on any atom is 0.220 e. The van der Waals surface area contributed by atoms with E-state index in [1.54, 1.807) is 11.3 Å². The Morgan fingerprint density at radius 3 is 2.85 bits per heavy atom. The van der Waals surface area contributed by atoms with Gasteiger partial charge in [0.25, 0.3) is 0 Å². The van der Waals surface area contributed by atoms with E-state index < -0.39 is 0 Å². The topological polar surface area (TPSA) is 41.1 Å². The van der Waals surface area contributed by atoms with E-state index in [0.29, 0.717) is 12.3 Å². The highest BCUT2D eigenvalue weighted by molar-refractivity contribution is 7.16. The molecule has 0 radical (unpaired) electrons. The zero-order chi connectivity index (χ0) is 14.4. The maximum atomic E-state index is 12.1. The van der Waals surface area contributed by atoms with Crippen molar-refractivity contribution in [3.05, 3.63) is 21.3 Å². The predicted molar refractivity (Wildman–Crippen MR) is 85.3 cm³/mol. The first kappa shape index (κ1) is 15.8. The van der Waals surface area contributed by atoms with Gasteiger partial charge in [-0.15, -0.1) is 11.3 Å². The van der Waals surface area contributed by atoms with Gasteiger partial charge in [-0.1, -0.05) is 18.5 Å². The summed E-state index contributed by atoms with van der Waals surface area (Å²) < 4.78 is 0.780. The van der Waals surface area contributed by atoms with Gasteiger partial charge in [-0.05, 0) is 56.8 Å². The summed E-state index contributed by atoms with van der Waals surface area (Å²) >= 11 is 7.51. The molecule has 1 atom stereocenters. The van der Waals surface area contributed by atoms with Crippen LogP contribution in [0.4, 0.5) is 0 Å². The molecule has 2 rings (SSSR count). The zero-order valence-electron chi connectivity index (χ0n) is 12.0. The summed E-state index contributed by atoms with van der Waals surface area (Å²) in [5.41, 5.74) is 0. The molecule has 1 aromatic rings. The summed E-state index contributed by atoms with van der Waals surface area (Å²) in [4.78, 5) is 13.2. The van der Waals surface area contributed by atoms with E-state index in [-0.39, 0.29) is 11.9 Å². The highest BCUT2D eigenvalue weighted by atomic mass is 35.5. The molecule has 0 aromatic carbocycles. The Hall–Kier alpha value is -0.580. The normalized spacial score (nSPS) is 17.9. The Kier molecular flexibility index (Phi) is 6.33. The van der Waals surface area contributed by atoms with Crippen LogP contribution in [0.15, 0.2) is 12.1 Å². The van der Waals surface area contributed by atoms with Crippen LogP contribution in [0.5, 0.6) is 0 Å². The monoisotopic (exact) mass is 314 g/mol. The third-order valence-corrected chi connectivity index (χ3v) is 5.26. The molecule has 0 saturated carbocycles. The van der Waals surface area contributed by atoms with E-state index in [4.69, 9.17) is 11.6 Å². The second-order valence-corrected chi connectivity index (χ2v) is 7.15. The van der Waals surface area contributed by atoms with Crippen molar-refractivity contribution in [3.63, 3.8) is 0 Å². The van der Waals surface area contributed by atoms with E-state index in [2.05, 4.69) is 17.6 Å². The molecule has 0 spiro atoms. The van der Waals surface area contributed by atoms with Crippen molar-refractivity contribution < 1.29 is 4.79 Å². The number of nitrogens with one attached hydrogen (secondary N) is 2. The average Bonchev–Trinajstić information content (AvgIpc) is 2.90. The second-order valence-electron chi connectivity index (χ2n) is 5.40. The first-order valence-corrected chi connectivity index (χ1v) is 8.63. The first-order chi connectivity index (χ1) is 9.69. The second kappa shape index (κ2) is 8.01. The van der Waals surface area contributed by atoms with Crippen molar-refractivity contribution in [2.75, 3.05) is 13.1 Å². The molecule has 20 heavy (non-hydrogen) atoms. The number of hydrogen-bond acceptors (Lipinski definition) is 3. The highest BCUT2D eigenvalue weighted by Crippen LogP contribution is 2.28. The van der Waals surface area contributed by atoms with Crippen molar-refractivity contribution in [1.29, 1.82) is 0 Å². The Morgan fingerprint density at radius 1 is 1.50 bits per heavy atom. The quantitative estimate of drug-likeness (QED) is 0.839. The lowest BCUT2D eigenvalue weighted by Gasteiger charge is -2.22. The van der Waals surface area contributed by atoms with Crippen molar-refractivity contribution in [3.8, 4) is 0 Å². The number of thiophene rings is 1. The summed E-state index contributed by atoms with van der Waals surface area (Å²) in [6.07, 6.45) is 4.95. The number of rotatable bonds is 6. The minimum Gasteiger partial charge on any atom is -0.348 e. The predicted octanol–water partition coefficient (Wildman–Crippen LogP) is 3.75. The number of carbonyl (C=O) groups excluding carboxylic acids is 1. The van der Waals surface area contributed by atoms with Gasteiger partial charge < -0.3 is 10.6 Å². The molecule has 0 bridgehead atoms. The van der Waals surface area contributed by atoms with Crippen LogP contribution in [-0.2, 0) is 4.79 Å². The van der Waals surface area contributed by atoms with Gasteiger partial charge in [-0.25, -0.2) is 0 Å². The van der Waals surface area contributed by atoms with E-state index in [0.717, 1.165) is 35.1 Å². The molecule has 0 aliphatic carbocycles. The molecule has 1 aromatic heterocycles. The number of carbonyl (C=O) groups is 1. The van der Waals surface area contributed by atoms with Crippen molar-refractivity contribution in [2.45, 2.75) is 45.1 Å². The Bertz CT molecular complexity index is 429. The SMILES string of the molecule is CCC(NC(=O)CCC1CCNCC1)c1ccc(Cl)s1. The lowest BCUT2D eigenvalue weighted by Crippen LogP contribution is -2.30. The molecule has 1 saturated heterocycles. The zero-order valence-corrected chi connectivity index (χ0v) is 13.5. The molecule has 1 unspecified atom stereocenters. The molecule has 1 amide bonds. The fourth-order valence-corrected chi connectivity index (χ4v) is 3.86. The van der Waals surface area contributed by atoms with Gasteiger partial charge in [0, 0.05) is 11.3 Å². The summed E-state index contributed by atoms with van der Waals surface area (Å²) in [6.45, 7) is 4.28. The smallest absolute Gasteiger partial charge is 0.220 e. The van der Waals surface area contributed by atoms with E-state index in [1.165, 1.54) is 12.8 Å². The van der Waals surface area contributed by atoms with Crippen LogP contribution in [0.2, 0.25) is 4.34 Å². The van der Waals surface area contributed by atoms with E-state index in [1.807, 2.05) is 12.1 Å². The minimum atomic E-state index is 0.105. The fourth-order valence-electron chi connectivity index (χ4n) is 2.66. The number of amides is 1. The van der Waals surface area contributed by atoms with E-state index >= 15 is 0 Å². The van der Waals surface area contributed by atoms with Gasteiger partial charge in [-0.2, -0.15) is 0 Å². The van der Waals surface area contributed by atoms with Crippen LogP contribution in [0.3, 0.4) is 0 Å². The van der Waals surface area contributed by atoms with Gasteiger partial charge in [0.15, 0.2) is 0 Å². The molecule has 1 aliphatic rings. The molecule has 1 fully saturated rings. The summed E-state index contributed by atoms with van der Waals surface area (Å²) in [5.74, 6) is 0.873. The van der Waals surface area contributed by atoms with Crippen LogP contribution in [0, 0.1) is 5.92 Å². The summed E-state index contributed by atoms with van der Waals surface area (Å²) in [6, 6.07) is 4.01. The molecule has 2 heterocycles. The first-order valence-electron chi connectivity index (χ1n) is 7.44. The van der Waals surface area contributed by atoms with Crippen molar-refractivity contribution >= 4 is 28.8 Å². The van der Waals surface area contributed by atoms with Crippen molar-refractivity contribution in [2.24, 2.45) is 5.92 Å². The maximum absolute atomic E-state index is 12.1. The standard InChI is InChI=1S/C15H23ClN2OS/c1-2-12(13-4-5-14(16)20-13)18-15(19)6-3-11-7-9-17-10-8-11/h4-5,11-12,17H,2-3,6-10H2,1H3,(H,18,19). The van der Waals surface area contributed by atoms with Gasteiger partial charge in [0.2, 0.25) is 5.91 Å². The van der Waals surface area contributed by atoms with Crippen LogP contribution < -0.4 is 10.6 Å². The van der Waals surface area contributed by atoms with Gasteiger partial charge in [0.05, 0.1) is 10.4 Å². The number of halogens is 1. The summed E-state index contributed by atoms with van der Waals surface area (Å²) in [7, 11) is 0. The third kappa shape index (κ3) is 4.76. The lowest BCUT2D eigenvalue weighted by molar-refractivity contribution is -0.122. The molecule has 2 N–H and O–H groups in total. The molecule has 1 aliphatic heterocycles. The van der Waals surface area contributed by atoms with Crippen LogP contribution >= 0.6 is 22.9 Å². The van der Waals surface area contributed by atoms with Crippen LogP contribution in [0.1, 0.15) is 49.9 Å².